The minimum Gasteiger partial charge on any atom is -0.484 e. The lowest BCUT2D eigenvalue weighted by Crippen LogP contribution is -2.21. The van der Waals surface area contributed by atoms with Gasteiger partial charge in [0, 0.05) is 10.2 Å². The highest BCUT2D eigenvalue weighted by molar-refractivity contribution is 9.10. The van der Waals surface area contributed by atoms with Crippen molar-refractivity contribution in [1.29, 1.82) is 0 Å². The maximum Gasteiger partial charge on any atom is 0.262 e. The standard InChI is InChI=1S/C16H17BrN2O2/c1-10-3-5-13(6-4-10)21-9-15(20)19-16-11(2)7-12(18)8-14(16)17/h3-8H,9,18H2,1-2H3,(H,19,20). The Balaban J connectivity index is 1.97. The van der Waals surface area contributed by atoms with Crippen molar-refractivity contribution < 1.29 is 9.53 Å². The van der Waals surface area contributed by atoms with Gasteiger partial charge < -0.3 is 15.8 Å². The van der Waals surface area contributed by atoms with Gasteiger partial charge in [-0.05, 0) is 59.6 Å². The van der Waals surface area contributed by atoms with Crippen molar-refractivity contribution >= 4 is 33.2 Å². The summed E-state index contributed by atoms with van der Waals surface area (Å²) >= 11 is 3.39. The number of ether oxygens (including phenoxy) is 1. The summed E-state index contributed by atoms with van der Waals surface area (Å²) in [4.78, 5) is 12.0. The number of benzene rings is 2. The summed E-state index contributed by atoms with van der Waals surface area (Å²) < 4.78 is 6.20. The molecule has 0 aromatic heterocycles. The van der Waals surface area contributed by atoms with E-state index in [4.69, 9.17) is 10.5 Å². The topological polar surface area (TPSA) is 64.3 Å². The van der Waals surface area contributed by atoms with E-state index in [2.05, 4.69) is 21.2 Å². The van der Waals surface area contributed by atoms with Gasteiger partial charge in [-0.25, -0.2) is 0 Å². The second-order valence-electron chi connectivity index (χ2n) is 4.84. The Morgan fingerprint density at radius 3 is 2.52 bits per heavy atom. The third kappa shape index (κ3) is 4.23. The van der Waals surface area contributed by atoms with Crippen molar-refractivity contribution in [3.63, 3.8) is 0 Å². The lowest BCUT2D eigenvalue weighted by Gasteiger charge is -2.12. The van der Waals surface area contributed by atoms with E-state index in [1.807, 2.05) is 38.1 Å². The molecule has 0 radical (unpaired) electrons. The van der Waals surface area contributed by atoms with Crippen LogP contribution in [0.1, 0.15) is 11.1 Å². The largest absolute Gasteiger partial charge is 0.484 e. The van der Waals surface area contributed by atoms with E-state index in [0.717, 1.165) is 15.6 Å². The first-order valence-electron chi connectivity index (χ1n) is 6.50. The molecule has 0 aliphatic rings. The molecule has 0 bridgehead atoms. The Kier molecular flexibility index (Phi) is 4.85. The number of halogens is 1. The Hall–Kier alpha value is -2.01. The number of rotatable bonds is 4. The van der Waals surface area contributed by atoms with Crippen LogP contribution in [0.3, 0.4) is 0 Å². The second-order valence-corrected chi connectivity index (χ2v) is 5.70. The van der Waals surface area contributed by atoms with E-state index >= 15 is 0 Å². The van der Waals surface area contributed by atoms with Crippen molar-refractivity contribution in [3.8, 4) is 5.75 Å². The van der Waals surface area contributed by atoms with Crippen LogP contribution in [0.5, 0.6) is 5.75 Å². The second kappa shape index (κ2) is 6.63. The summed E-state index contributed by atoms with van der Waals surface area (Å²) in [5, 5.41) is 2.82. The lowest BCUT2D eigenvalue weighted by molar-refractivity contribution is -0.118. The normalized spacial score (nSPS) is 10.2. The lowest BCUT2D eigenvalue weighted by atomic mass is 10.2. The number of hydrogen-bond donors (Lipinski definition) is 2. The van der Waals surface area contributed by atoms with Crippen molar-refractivity contribution in [1.82, 2.24) is 0 Å². The highest BCUT2D eigenvalue weighted by Crippen LogP contribution is 2.28. The van der Waals surface area contributed by atoms with E-state index < -0.39 is 0 Å². The Labute approximate surface area is 132 Å². The van der Waals surface area contributed by atoms with Crippen LogP contribution < -0.4 is 15.8 Å². The van der Waals surface area contributed by atoms with Gasteiger partial charge in [0.25, 0.3) is 5.91 Å². The molecule has 110 valence electrons. The maximum absolute atomic E-state index is 12.0. The van der Waals surface area contributed by atoms with E-state index in [0.29, 0.717) is 17.1 Å². The van der Waals surface area contributed by atoms with Crippen LogP contribution >= 0.6 is 15.9 Å². The molecule has 2 aromatic carbocycles. The summed E-state index contributed by atoms with van der Waals surface area (Å²) in [6, 6.07) is 11.1. The quantitative estimate of drug-likeness (QED) is 0.828. The van der Waals surface area contributed by atoms with Gasteiger partial charge in [-0.2, -0.15) is 0 Å². The number of nitrogen functional groups attached to an aromatic ring is 1. The van der Waals surface area contributed by atoms with Crippen LogP contribution in [0.25, 0.3) is 0 Å². The molecule has 0 fully saturated rings. The third-order valence-corrected chi connectivity index (χ3v) is 3.59. The highest BCUT2D eigenvalue weighted by Gasteiger charge is 2.10. The summed E-state index contributed by atoms with van der Waals surface area (Å²) in [5.41, 5.74) is 9.14. The molecule has 21 heavy (non-hydrogen) atoms. The van der Waals surface area contributed by atoms with Crippen LogP contribution in [0, 0.1) is 13.8 Å². The number of hydrogen-bond acceptors (Lipinski definition) is 3. The zero-order chi connectivity index (χ0) is 15.4. The van der Waals surface area contributed by atoms with Gasteiger partial charge in [0.2, 0.25) is 0 Å². The monoisotopic (exact) mass is 348 g/mol. The van der Waals surface area contributed by atoms with Gasteiger partial charge in [0.1, 0.15) is 5.75 Å². The summed E-state index contributed by atoms with van der Waals surface area (Å²) in [7, 11) is 0. The number of anilines is 2. The molecule has 0 atom stereocenters. The number of amides is 1. The summed E-state index contributed by atoms with van der Waals surface area (Å²) in [5.74, 6) is 0.452. The molecule has 4 nitrogen and oxygen atoms in total. The molecular formula is C16H17BrN2O2. The summed E-state index contributed by atoms with van der Waals surface area (Å²) in [6.45, 7) is 3.84. The molecule has 1 amide bonds. The van der Waals surface area contributed by atoms with Gasteiger partial charge >= 0.3 is 0 Å². The molecule has 0 spiro atoms. The predicted octanol–water partition coefficient (Wildman–Crippen LogP) is 3.67. The van der Waals surface area contributed by atoms with Gasteiger partial charge in [-0.15, -0.1) is 0 Å². The van der Waals surface area contributed by atoms with E-state index in [1.165, 1.54) is 0 Å². The molecule has 5 heteroatoms. The minimum absolute atomic E-state index is 0.0423. The first-order chi connectivity index (χ1) is 9.95. The van der Waals surface area contributed by atoms with Crippen LogP contribution in [-0.2, 0) is 4.79 Å². The van der Waals surface area contributed by atoms with Crippen molar-refractivity contribution in [2.45, 2.75) is 13.8 Å². The van der Waals surface area contributed by atoms with Crippen molar-refractivity contribution in [3.05, 3.63) is 52.0 Å². The first kappa shape index (κ1) is 15.4. The smallest absolute Gasteiger partial charge is 0.262 e. The van der Waals surface area contributed by atoms with Crippen molar-refractivity contribution in [2.24, 2.45) is 0 Å². The fourth-order valence-corrected chi connectivity index (χ4v) is 2.56. The average Bonchev–Trinajstić information content (AvgIpc) is 2.42. The number of aryl methyl sites for hydroxylation is 2. The molecule has 0 heterocycles. The van der Waals surface area contributed by atoms with Crippen LogP contribution in [0.4, 0.5) is 11.4 Å². The molecule has 0 aliphatic carbocycles. The highest BCUT2D eigenvalue weighted by atomic mass is 79.9. The van der Waals surface area contributed by atoms with E-state index in [9.17, 15) is 4.79 Å². The average molecular weight is 349 g/mol. The third-order valence-electron chi connectivity index (χ3n) is 2.97. The van der Waals surface area contributed by atoms with Crippen molar-refractivity contribution in [2.75, 3.05) is 17.7 Å². The molecular weight excluding hydrogens is 332 g/mol. The minimum atomic E-state index is -0.218. The Morgan fingerprint density at radius 2 is 1.90 bits per heavy atom. The molecule has 0 saturated carbocycles. The first-order valence-corrected chi connectivity index (χ1v) is 7.30. The fourth-order valence-electron chi connectivity index (χ4n) is 1.89. The van der Waals surface area contributed by atoms with Crippen LogP contribution in [-0.4, -0.2) is 12.5 Å². The number of carbonyl (C=O) groups is 1. The summed E-state index contributed by atoms with van der Waals surface area (Å²) in [6.07, 6.45) is 0. The molecule has 3 N–H and O–H groups in total. The van der Waals surface area contributed by atoms with Crippen LogP contribution in [0.15, 0.2) is 40.9 Å². The van der Waals surface area contributed by atoms with Gasteiger partial charge in [0.05, 0.1) is 5.69 Å². The molecule has 0 unspecified atom stereocenters. The zero-order valence-electron chi connectivity index (χ0n) is 11.9. The van der Waals surface area contributed by atoms with E-state index in [1.54, 1.807) is 12.1 Å². The van der Waals surface area contributed by atoms with Gasteiger partial charge in [0.15, 0.2) is 6.61 Å². The fraction of sp³-hybridized carbons (Fsp3) is 0.188. The molecule has 2 aromatic rings. The number of nitrogens with two attached hydrogens (primary N) is 1. The Morgan fingerprint density at radius 1 is 1.24 bits per heavy atom. The number of carbonyl (C=O) groups excluding carboxylic acids is 1. The van der Waals surface area contributed by atoms with E-state index in [-0.39, 0.29) is 12.5 Å². The zero-order valence-corrected chi connectivity index (χ0v) is 13.5. The molecule has 0 saturated heterocycles. The SMILES string of the molecule is Cc1ccc(OCC(=O)Nc2c(C)cc(N)cc2Br)cc1. The van der Waals surface area contributed by atoms with Crippen LogP contribution in [0.2, 0.25) is 0 Å². The maximum atomic E-state index is 12.0. The molecule has 0 aliphatic heterocycles. The Bertz CT molecular complexity index is 631. The van der Waals surface area contributed by atoms with Gasteiger partial charge in [-0.1, -0.05) is 17.7 Å². The van der Waals surface area contributed by atoms with Gasteiger partial charge in [-0.3, -0.25) is 4.79 Å². The number of nitrogens with one attached hydrogen (secondary N) is 1. The molecule has 2 rings (SSSR count). The predicted molar refractivity (Wildman–Crippen MR) is 88.6 cm³/mol.